The second kappa shape index (κ2) is 9.25. The summed E-state index contributed by atoms with van der Waals surface area (Å²) in [5, 5.41) is 12.3. The predicted octanol–water partition coefficient (Wildman–Crippen LogP) is 3.47. The zero-order valence-corrected chi connectivity index (χ0v) is 16.0. The van der Waals surface area contributed by atoms with Gasteiger partial charge in [0.15, 0.2) is 6.61 Å². The number of nitriles is 1. The Morgan fingerprint density at radius 3 is 2.36 bits per heavy atom. The molecule has 1 fully saturated rings. The molecule has 0 saturated carbocycles. The van der Waals surface area contributed by atoms with E-state index in [1.807, 2.05) is 6.07 Å². The first-order chi connectivity index (χ1) is 13.5. The maximum Gasteiger partial charge on any atom is 0.260 e. The predicted molar refractivity (Wildman–Crippen MR) is 106 cm³/mol. The number of likely N-dealkylation sites (tertiary alicyclic amines) is 1. The zero-order valence-electron chi connectivity index (χ0n) is 15.2. The number of carbonyl (C=O) groups is 2. The Labute approximate surface area is 168 Å². The van der Waals surface area contributed by atoms with Crippen LogP contribution in [0.4, 0.5) is 5.69 Å². The van der Waals surface area contributed by atoms with Crippen LogP contribution in [-0.4, -0.2) is 36.4 Å². The van der Waals surface area contributed by atoms with Crippen LogP contribution in [0.25, 0.3) is 0 Å². The maximum atomic E-state index is 12.4. The minimum Gasteiger partial charge on any atom is -0.484 e. The van der Waals surface area contributed by atoms with Gasteiger partial charge in [0.25, 0.3) is 5.91 Å². The van der Waals surface area contributed by atoms with Gasteiger partial charge in [-0.15, -0.1) is 0 Å². The van der Waals surface area contributed by atoms with Crippen molar-refractivity contribution in [1.82, 2.24) is 4.90 Å². The molecule has 1 saturated heterocycles. The lowest BCUT2D eigenvalue weighted by molar-refractivity contribution is -0.136. The Hall–Kier alpha value is -3.04. The van der Waals surface area contributed by atoms with E-state index < -0.39 is 0 Å². The number of benzene rings is 2. The van der Waals surface area contributed by atoms with Crippen LogP contribution >= 0.6 is 11.6 Å². The molecule has 7 heteroatoms. The molecule has 1 aliphatic rings. The average Bonchev–Trinajstić information content (AvgIpc) is 2.73. The van der Waals surface area contributed by atoms with Gasteiger partial charge >= 0.3 is 0 Å². The van der Waals surface area contributed by atoms with Gasteiger partial charge in [-0.1, -0.05) is 11.6 Å². The van der Waals surface area contributed by atoms with Gasteiger partial charge in [0, 0.05) is 29.7 Å². The first-order valence-corrected chi connectivity index (χ1v) is 9.40. The van der Waals surface area contributed by atoms with Crippen LogP contribution in [0.5, 0.6) is 5.75 Å². The van der Waals surface area contributed by atoms with Crippen LogP contribution < -0.4 is 10.1 Å². The highest BCUT2D eigenvalue weighted by molar-refractivity contribution is 6.30. The minimum atomic E-state index is -0.142. The monoisotopic (exact) mass is 397 g/mol. The molecule has 3 rings (SSSR count). The summed E-state index contributed by atoms with van der Waals surface area (Å²) in [6, 6.07) is 15.6. The number of carbonyl (C=O) groups excluding carboxylic acids is 2. The van der Waals surface area contributed by atoms with Crippen LogP contribution in [0.3, 0.4) is 0 Å². The summed E-state index contributed by atoms with van der Waals surface area (Å²) >= 11 is 5.82. The van der Waals surface area contributed by atoms with Crippen molar-refractivity contribution in [3.05, 3.63) is 59.1 Å². The van der Waals surface area contributed by atoms with Crippen molar-refractivity contribution < 1.29 is 14.3 Å². The third-order valence-electron chi connectivity index (χ3n) is 4.68. The Morgan fingerprint density at radius 2 is 1.75 bits per heavy atom. The summed E-state index contributed by atoms with van der Waals surface area (Å²) in [5.74, 6) is 0.293. The number of ether oxygens (including phenoxy) is 1. The van der Waals surface area contributed by atoms with Gasteiger partial charge in [-0.25, -0.2) is 0 Å². The molecule has 28 heavy (non-hydrogen) atoms. The molecule has 0 unspecified atom stereocenters. The SMILES string of the molecule is N#Cc1ccc(NC(=O)C2CCN(C(=O)COc3ccc(Cl)cc3)CC2)cc1. The van der Waals surface area contributed by atoms with Gasteiger partial charge in [-0.2, -0.15) is 5.26 Å². The third kappa shape index (κ3) is 5.24. The fraction of sp³-hybridized carbons (Fsp3) is 0.286. The van der Waals surface area contributed by atoms with E-state index in [-0.39, 0.29) is 24.3 Å². The smallest absolute Gasteiger partial charge is 0.260 e. The van der Waals surface area contributed by atoms with Gasteiger partial charge in [0.1, 0.15) is 5.75 Å². The Kier molecular flexibility index (Phi) is 6.51. The lowest BCUT2D eigenvalue weighted by Gasteiger charge is -2.31. The standard InChI is InChI=1S/C21H20ClN3O3/c22-17-3-7-19(8-4-17)28-14-20(26)25-11-9-16(10-12-25)21(27)24-18-5-1-15(13-23)2-6-18/h1-8,16H,9-12,14H2,(H,24,27). The highest BCUT2D eigenvalue weighted by Crippen LogP contribution is 2.21. The van der Waals surface area contributed by atoms with Gasteiger partial charge < -0.3 is 15.0 Å². The number of rotatable bonds is 5. The highest BCUT2D eigenvalue weighted by atomic mass is 35.5. The van der Waals surface area contributed by atoms with E-state index in [2.05, 4.69) is 5.32 Å². The lowest BCUT2D eigenvalue weighted by atomic mass is 9.95. The second-order valence-corrected chi connectivity index (χ2v) is 7.01. The van der Waals surface area contributed by atoms with E-state index in [0.29, 0.717) is 48.0 Å². The van der Waals surface area contributed by atoms with Crippen molar-refractivity contribution in [1.29, 1.82) is 5.26 Å². The molecule has 1 heterocycles. The van der Waals surface area contributed by atoms with Gasteiger partial charge in [0.05, 0.1) is 11.6 Å². The molecule has 2 aromatic carbocycles. The Morgan fingerprint density at radius 1 is 1.11 bits per heavy atom. The molecule has 0 radical (unpaired) electrons. The number of hydrogen-bond donors (Lipinski definition) is 1. The molecule has 6 nitrogen and oxygen atoms in total. The topological polar surface area (TPSA) is 82.4 Å². The fourth-order valence-electron chi connectivity index (χ4n) is 3.03. The first kappa shape index (κ1) is 19.7. The number of halogens is 1. The number of nitrogens with one attached hydrogen (secondary N) is 1. The molecule has 1 aliphatic heterocycles. The summed E-state index contributed by atoms with van der Waals surface area (Å²) < 4.78 is 5.50. The van der Waals surface area contributed by atoms with Gasteiger partial charge in [-0.05, 0) is 61.4 Å². The molecular weight excluding hydrogens is 378 g/mol. The van der Waals surface area contributed by atoms with Gasteiger partial charge in [0.2, 0.25) is 5.91 Å². The molecule has 2 amide bonds. The minimum absolute atomic E-state index is 0.0380. The number of hydrogen-bond acceptors (Lipinski definition) is 4. The molecule has 1 N–H and O–H groups in total. The maximum absolute atomic E-state index is 12.4. The van der Waals surface area contributed by atoms with Crippen LogP contribution in [0.15, 0.2) is 48.5 Å². The number of amides is 2. The summed E-state index contributed by atoms with van der Waals surface area (Å²) in [5.41, 5.74) is 1.21. The fourth-order valence-corrected chi connectivity index (χ4v) is 3.16. The van der Waals surface area contributed by atoms with Crippen LogP contribution in [0.2, 0.25) is 5.02 Å². The quantitative estimate of drug-likeness (QED) is 0.837. The first-order valence-electron chi connectivity index (χ1n) is 9.02. The number of nitrogens with zero attached hydrogens (tertiary/aromatic N) is 2. The third-order valence-corrected chi connectivity index (χ3v) is 4.93. The molecule has 0 spiro atoms. The van der Waals surface area contributed by atoms with Crippen LogP contribution in [-0.2, 0) is 9.59 Å². The summed E-state index contributed by atoms with van der Waals surface area (Å²) in [6.45, 7) is 1.01. The molecule has 0 atom stereocenters. The summed E-state index contributed by atoms with van der Waals surface area (Å²) in [4.78, 5) is 26.5. The average molecular weight is 398 g/mol. The molecular formula is C21H20ClN3O3. The summed E-state index contributed by atoms with van der Waals surface area (Å²) in [7, 11) is 0. The normalized spacial score (nSPS) is 14.2. The van der Waals surface area contributed by atoms with Crippen molar-refractivity contribution >= 4 is 29.1 Å². The number of anilines is 1. The second-order valence-electron chi connectivity index (χ2n) is 6.58. The summed E-state index contributed by atoms with van der Waals surface area (Å²) in [6.07, 6.45) is 1.21. The largest absolute Gasteiger partial charge is 0.484 e. The van der Waals surface area contributed by atoms with E-state index >= 15 is 0 Å². The van der Waals surface area contributed by atoms with E-state index in [1.165, 1.54) is 0 Å². The molecule has 0 aliphatic carbocycles. The molecule has 0 aromatic heterocycles. The molecule has 144 valence electrons. The molecule has 2 aromatic rings. The van der Waals surface area contributed by atoms with Crippen LogP contribution in [0, 0.1) is 17.2 Å². The van der Waals surface area contributed by atoms with Crippen molar-refractivity contribution in [3.8, 4) is 11.8 Å². The van der Waals surface area contributed by atoms with Crippen molar-refractivity contribution in [2.75, 3.05) is 25.0 Å². The van der Waals surface area contributed by atoms with Crippen molar-refractivity contribution in [2.45, 2.75) is 12.8 Å². The van der Waals surface area contributed by atoms with Crippen molar-refractivity contribution in [3.63, 3.8) is 0 Å². The van der Waals surface area contributed by atoms with Crippen molar-refractivity contribution in [2.24, 2.45) is 5.92 Å². The Balaban J connectivity index is 1.44. The number of piperidine rings is 1. The van der Waals surface area contributed by atoms with E-state index in [0.717, 1.165) is 0 Å². The van der Waals surface area contributed by atoms with E-state index in [1.54, 1.807) is 53.4 Å². The van der Waals surface area contributed by atoms with Gasteiger partial charge in [-0.3, -0.25) is 9.59 Å². The van der Waals surface area contributed by atoms with Crippen LogP contribution in [0.1, 0.15) is 18.4 Å². The Bertz CT molecular complexity index is 867. The highest BCUT2D eigenvalue weighted by Gasteiger charge is 2.27. The van der Waals surface area contributed by atoms with E-state index in [9.17, 15) is 9.59 Å². The molecule has 0 bridgehead atoms. The zero-order chi connectivity index (χ0) is 19.9. The lowest BCUT2D eigenvalue weighted by Crippen LogP contribution is -2.43. The van der Waals surface area contributed by atoms with E-state index in [4.69, 9.17) is 21.6 Å².